The maximum absolute atomic E-state index is 10.4. The Hall–Kier alpha value is -0.860. The third-order valence-corrected chi connectivity index (χ3v) is 3.38. The summed E-state index contributed by atoms with van der Waals surface area (Å²) in [5, 5.41) is 10.4. The Morgan fingerprint density at radius 2 is 1.71 bits per heavy atom. The zero-order chi connectivity index (χ0) is 12.9. The number of hydrogen-bond donors (Lipinski definition) is 1. The number of rotatable bonds is 6. The summed E-state index contributed by atoms with van der Waals surface area (Å²) < 4.78 is 5.97. The normalized spacial score (nSPS) is 15.6. The van der Waals surface area contributed by atoms with Gasteiger partial charge in [0, 0.05) is 6.61 Å². The second-order valence-corrected chi connectivity index (χ2v) is 5.16. The van der Waals surface area contributed by atoms with Crippen LogP contribution in [0.2, 0.25) is 0 Å². The number of ether oxygens (including phenoxy) is 1. The van der Waals surface area contributed by atoms with Crippen LogP contribution in [-0.2, 0) is 10.3 Å². The maximum Gasteiger partial charge on any atom is 0.118 e. The Morgan fingerprint density at radius 3 is 2.18 bits per heavy atom. The molecule has 0 fully saturated rings. The second-order valence-electron chi connectivity index (χ2n) is 5.16. The topological polar surface area (TPSA) is 29.5 Å². The zero-order valence-electron chi connectivity index (χ0n) is 11.4. The van der Waals surface area contributed by atoms with Crippen LogP contribution in [0, 0.1) is 0 Å². The number of aliphatic hydroxyl groups is 1. The van der Waals surface area contributed by atoms with Crippen LogP contribution < -0.4 is 0 Å². The van der Waals surface area contributed by atoms with Crippen molar-refractivity contribution >= 4 is 0 Å². The van der Waals surface area contributed by atoms with Gasteiger partial charge in [0.25, 0.3) is 0 Å². The van der Waals surface area contributed by atoms with Crippen LogP contribution in [0.4, 0.5) is 0 Å². The molecule has 0 radical (unpaired) electrons. The molecule has 1 aromatic carbocycles. The van der Waals surface area contributed by atoms with Gasteiger partial charge in [0.2, 0.25) is 0 Å². The maximum atomic E-state index is 10.4. The molecule has 0 heterocycles. The first-order chi connectivity index (χ1) is 7.92. The van der Waals surface area contributed by atoms with Gasteiger partial charge < -0.3 is 9.84 Å². The molecule has 2 heteroatoms. The van der Waals surface area contributed by atoms with Crippen molar-refractivity contribution in [1.29, 1.82) is 0 Å². The number of unbranched alkanes of at least 4 members (excludes halogenated alkanes) is 1. The molecular weight excluding hydrogens is 212 g/mol. The van der Waals surface area contributed by atoms with Gasteiger partial charge in [-0.15, -0.1) is 0 Å². The molecule has 0 aliphatic heterocycles. The summed E-state index contributed by atoms with van der Waals surface area (Å²) in [5.74, 6) is 0. The van der Waals surface area contributed by atoms with Crippen molar-refractivity contribution in [3.8, 4) is 0 Å². The highest BCUT2D eigenvalue weighted by Gasteiger charge is 2.42. The molecule has 0 spiro atoms. The molecule has 1 N–H and O–H groups in total. The minimum Gasteiger partial charge on any atom is -0.387 e. The minimum atomic E-state index is -0.915. The van der Waals surface area contributed by atoms with E-state index in [0.717, 1.165) is 18.4 Å². The third-order valence-electron chi connectivity index (χ3n) is 3.38. The summed E-state index contributed by atoms with van der Waals surface area (Å²) in [7, 11) is 0. The molecule has 1 atom stereocenters. The average molecular weight is 236 g/mol. The first-order valence-corrected chi connectivity index (χ1v) is 6.33. The standard InChI is InChI=1S/C15H24O2/c1-5-6-12-17-15(4,14(2,3)16)13-10-8-7-9-11-13/h7-11,16H,5-6,12H2,1-4H3. The molecule has 0 bridgehead atoms. The highest BCUT2D eigenvalue weighted by molar-refractivity contribution is 5.25. The number of benzene rings is 1. The molecule has 96 valence electrons. The van der Waals surface area contributed by atoms with E-state index in [1.165, 1.54) is 0 Å². The molecule has 1 unspecified atom stereocenters. The van der Waals surface area contributed by atoms with Gasteiger partial charge in [-0.05, 0) is 32.8 Å². The zero-order valence-corrected chi connectivity index (χ0v) is 11.4. The van der Waals surface area contributed by atoms with Crippen molar-refractivity contribution in [2.75, 3.05) is 6.61 Å². The van der Waals surface area contributed by atoms with Crippen LogP contribution >= 0.6 is 0 Å². The van der Waals surface area contributed by atoms with E-state index in [-0.39, 0.29) is 0 Å². The lowest BCUT2D eigenvalue weighted by molar-refractivity contribution is -0.165. The van der Waals surface area contributed by atoms with Crippen LogP contribution in [0.5, 0.6) is 0 Å². The fourth-order valence-corrected chi connectivity index (χ4v) is 1.79. The van der Waals surface area contributed by atoms with Crippen LogP contribution in [0.3, 0.4) is 0 Å². The van der Waals surface area contributed by atoms with Crippen LogP contribution in [0.25, 0.3) is 0 Å². The first-order valence-electron chi connectivity index (χ1n) is 6.33. The van der Waals surface area contributed by atoms with Gasteiger partial charge >= 0.3 is 0 Å². The van der Waals surface area contributed by atoms with Gasteiger partial charge in [-0.25, -0.2) is 0 Å². The molecule has 17 heavy (non-hydrogen) atoms. The van der Waals surface area contributed by atoms with Gasteiger partial charge in [-0.1, -0.05) is 43.7 Å². The fourth-order valence-electron chi connectivity index (χ4n) is 1.79. The second kappa shape index (κ2) is 5.65. The quantitative estimate of drug-likeness (QED) is 0.766. The van der Waals surface area contributed by atoms with Gasteiger partial charge in [-0.2, -0.15) is 0 Å². The summed E-state index contributed by atoms with van der Waals surface area (Å²) in [4.78, 5) is 0. The Kier molecular flexibility index (Phi) is 4.72. The lowest BCUT2D eigenvalue weighted by Crippen LogP contribution is -2.47. The van der Waals surface area contributed by atoms with Crippen LogP contribution in [-0.4, -0.2) is 17.3 Å². The Morgan fingerprint density at radius 1 is 1.12 bits per heavy atom. The third kappa shape index (κ3) is 3.30. The fraction of sp³-hybridized carbons (Fsp3) is 0.600. The van der Waals surface area contributed by atoms with E-state index in [2.05, 4.69) is 6.92 Å². The highest BCUT2D eigenvalue weighted by Crippen LogP contribution is 2.36. The number of hydrogen-bond acceptors (Lipinski definition) is 2. The minimum absolute atomic E-state index is 0.663. The van der Waals surface area contributed by atoms with E-state index in [9.17, 15) is 5.11 Å². The Bertz CT molecular complexity index is 327. The predicted octanol–water partition coefficient (Wildman–Crippen LogP) is 3.49. The largest absolute Gasteiger partial charge is 0.387 e. The van der Waals surface area contributed by atoms with Gasteiger partial charge in [0.1, 0.15) is 5.60 Å². The van der Waals surface area contributed by atoms with E-state index in [4.69, 9.17) is 4.74 Å². The monoisotopic (exact) mass is 236 g/mol. The van der Waals surface area contributed by atoms with Crippen molar-refractivity contribution < 1.29 is 9.84 Å². The molecular formula is C15H24O2. The summed E-state index contributed by atoms with van der Waals surface area (Å²) in [6, 6.07) is 9.93. The van der Waals surface area contributed by atoms with Gasteiger partial charge in [0.15, 0.2) is 0 Å². The Balaban J connectivity index is 2.95. The molecule has 1 rings (SSSR count). The molecule has 1 aromatic rings. The summed E-state index contributed by atoms with van der Waals surface area (Å²) >= 11 is 0. The Labute approximate surface area is 105 Å². The first kappa shape index (κ1) is 14.2. The van der Waals surface area contributed by atoms with E-state index in [1.807, 2.05) is 37.3 Å². The molecule has 0 saturated carbocycles. The van der Waals surface area contributed by atoms with Crippen molar-refractivity contribution in [1.82, 2.24) is 0 Å². The molecule has 0 amide bonds. The van der Waals surface area contributed by atoms with E-state index < -0.39 is 11.2 Å². The molecule has 2 nitrogen and oxygen atoms in total. The smallest absolute Gasteiger partial charge is 0.118 e. The van der Waals surface area contributed by atoms with Crippen LogP contribution in [0.15, 0.2) is 30.3 Å². The summed E-state index contributed by atoms with van der Waals surface area (Å²) in [6.07, 6.45) is 2.11. The van der Waals surface area contributed by atoms with Crippen LogP contribution in [0.1, 0.15) is 46.1 Å². The molecule has 0 saturated heterocycles. The van der Waals surface area contributed by atoms with E-state index in [1.54, 1.807) is 13.8 Å². The summed E-state index contributed by atoms with van der Waals surface area (Å²) in [5.41, 5.74) is -0.561. The van der Waals surface area contributed by atoms with Crippen molar-refractivity contribution in [3.05, 3.63) is 35.9 Å². The molecule has 0 aliphatic carbocycles. The van der Waals surface area contributed by atoms with Crippen molar-refractivity contribution in [2.24, 2.45) is 0 Å². The lowest BCUT2D eigenvalue weighted by atomic mass is 9.81. The lowest BCUT2D eigenvalue weighted by Gasteiger charge is -2.40. The van der Waals surface area contributed by atoms with Gasteiger partial charge in [-0.3, -0.25) is 0 Å². The SMILES string of the molecule is CCCCOC(C)(c1ccccc1)C(C)(C)O. The average Bonchev–Trinajstić information content (AvgIpc) is 2.29. The predicted molar refractivity (Wildman–Crippen MR) is 71.0 cm³/mol. The van der Waals surface area contributed by atoms with E-state index in [0.29, 0.717) is 6.61 Å². The summed E-state index contributed by atoms with van der Waals surface area (Å²) in [6.45, 7) is 8.36. The van der Waals surface area contributed by atoms with Crippen molar-refractivity contribution in [3.63, 3.8) is 0 Å². The molecule has 0 aromatic heterocycles. The van der Waals surface area contributed by atoms with E-state index >= 15 is 0 Å². The molecule has 0 aliphatic rings. The van der Waals surface area contributed by atoms with Gasteiger partial charge in [0.05, 0.1) is 5.60 Å². The highest BCUT2D eigenvalue weighted by atomic mass is 16.5. The van der Waals surface area contributed by atoms with Crippen molar-refractivity contribution in [2.45, 2.75) is 51.7 Å².